The summed E-state index contributed by atoms with van der Waals surface area (Å²) in [5.41, 5.74) is 3.26. The van der Waals surface area contributed by atoms with Crippen LogP contribution in [0.15, 0.2) is 47.1 Å². The Hall–Kier alpha value is -3.99. The molecule has 0 aliphatic heterocycles. The Labute approximate surface area is 180 Å². The van der Waals surface area contributed by atoms with Crippen molar-refractivity contribution in [2.75, 3.05) is 30.9 Å². The molecule has 2 heterocycles. The second-order valence-corrected chi connectivity index (χ2v) is 7.28. The van der Waals surface area contributed by atoms with Gasteiger partial charge in [0, 0.05) is 25.5 Å². The van der Waals surface area contributed by atoms with Crippen molar-refractivity contribution in [3.05, 3.63) is 70.8 Å². The zero-order chi connectivity index (χ0) is 22.5. The Kier molecular flexibility index (Phi) is 6.46. The van der Waals surface area contributed by atoms with Crippen molar-refractivity contribution in [3.8, 4) is 6.07 Å². The predicted octanol–water partition coefficient (Wildman–Crippen LogP) is 3.48. The lowest BCUT2D eigenvalue weighted by Crippen LogP contribution is -2.23. The van der Waals surface area contributed by atoms with Crippen LogP contribution in [-0.4, -0.2) is 37.1 Å². The summed E-state index contributed by atoms with van der Waals surface area (Å²) in [7, 11) is 3.80. The summed E-state index contributed by atoms with van der Waals surface area (Å²) in [6, 6.07) is 12.6. The molecule has 160 valence electrons. The first-order chi connectivity index (χ1) is 14.8. The Morgan fingerprint density at radius 2 is 1.90 bits per heavy atom. The quantitative estimate of drug-likeness (QED) is 0.588. The smallest absolute Gasteiger partial charge is 0.338 e. The van der Waals surface area contributed by atoms with Crippen LogP contribution in [0.4, 0.5) is 11.5 Å². The first kappa shape index (κ1) is 21.7. The number of benzene rings is 1. The SMILES string of the molecule is Cc1c(C#N)c(NC(=O)COC(=O)c2ccc(N(C)C)cc2)n(Cc2ccco2)c1C. The standard InChI is InChI=1S/C23H24N4O4/c1-15-16(2)27(13-19-6-5-11-30-19)22(20(15)12-24)25-21(28)14-31-23(29)17-7-9-18(10-8-17)26(3)4/h5-11H,13-14H2,1-4H3,(H,25,28). The number of aromatic nitrogens is 1. The molecule has 3 aromatic rings. The van der Waals surface area contributed by atoms with E-state index in [9.17, 15) is 14.9 Å². The van der Waals surface area contributed by atoms with E-state index in [1.807, 2.05) is 38.9 Å². The zero-order valence-electron chi connectivity index (χ0n) is 17.9. The largest absolute Gasteiger partial charge is 0.467 e. The van der Waals surface area contributed by atoms with E-state index in [2.05, 4.69) is 11.4 Å². The Morgan fingerprint density at radius 1 is 1.19 bits per heavy atom. The van der Waals surface area contributed by atoms with Crippen molar-refractivity contribution >= 4 is 23.4 Å². The number of carbonyl (C=O) groups excluding carboxylic acids is 2. The molecule has 1 amide bonds. The van der Waals surface area contributed by atoms with Gasteiger partial charge in [-0.1, -0.05) is 0 Å². The molecule has 0 bridgehead atoms. The molecule has 1 N–H and O–H groups in total. The number of nitrogens with zero attached hydrogens (tertiary/aromatic N) is 3. The zero-order valence-corrected chi connectivity index (χ0v) is 17.9. The second kappa shape index (κ2) is 9.22. The normalized spacial score (nSPS) is 10.4. The van der Waals surface area contributed by atoms with Crippen LogP contribution in [0, 0.1) is 25.2 Å². The molecule has 2 aromatic heterocycles. The van der Waals surface area contributed by atoms with Crippen LogP contribution in [0.1, 0.15) is 32.9 Å². The number of nitriles is 1. The highest BCUT2D eigenvalue weighted by Gasteiger charge is 2.21. The monoisotopic (exact) mass is 420 g/mol. The third-order valence-corrected chi connectivity index (χ3v) is 5.05. The van der Waals surface area contributed by atoms with Crippen LogP contribution in [0.5, 0.6) is 0 Å². The van der Waals surface area contributed by atoms with Crippen molar-refractivity contribution in [3.63, 3.8) is 0 Å². The molecule has 0 spiro atoms. The van der Waals surface area contributed by atoms with E-state index in [1.165, 1.54) is 0 Å². The van der Waals surface area contributed by atoms with Gasteiger partial charge in [-0.15, -0.1) is 0 Å². The summed E-state index contributed by atoms with van der Waals surface area (Å²) >= 11 is 0. The summed E-state index contributed by atoms with van der Waals surface area (Å²) in [5.74, 6) is -0.0942. The molecule has 31 heavy (non-hydrogen) atoms. The molecule has 0 radical (unpaired) electrons. The van der Waals surface area contributed by atoms with Gasteiger partial charge in [0.1, 0.15) is 17.6 Å². The van der Waals surface area contributed by atoms with Crippen molar-refractivity contribution in [2.24, 2.45) is 0 Å². The van der Waals surface area contributed by atoms with Crippen LogP contribution in [0.3, 0.4) is 0 Å². The lowest BCUT2D eigenvalue weighted by molar-refractivity contribution is -0.119. The van der Waals surface area contributed by atoms with E-state index in [4.69, 9.17) is 9.15 Å². The van der Waals surface area contributed by atoms with Gasteiger partial charge in [-0.05, 0) is 55.8 Å². The molecule has 0 unspecified atom stereocenters. The highest BCUT2D eigenvalue weighted by atomic mass is 16.5. The number of nitrogens with one attached hydrogen (secondary N) is 1. The minimum absolute atomic E-state index is 0.351. The minimum atomic E-state index is -0.598. The van der Waals surface area contributed by atoms with Gasteiger partial charge in [-0.25, -0.2) is 4.79 Å². The van der Waals surface area contributed by atoms with Gasteiger partial charge in [-0.3, -0.25) is 4.79 Å². The topological polar surface area (TPSA) is 100 Å². The van der Waals surface area contributed by atoms with E-state index < -0.39 is 18.5 Å². The van der Waals surface area contributed by atoms with Crippen molar-refractivity contribution in [2.45, 2.75) is 20.4 Å². The van der Waals surface area contributed by atoms with Crippen molar-refractivity contribution in [1.82, 2.24) is 4.57 Å². The summed E-state index contributed by atoms with van der Waals surface area (Å²) in [6.07, 6.45) is 1.56. The number of amides is 1. The van der Waals surface area contributed by atoms with E-state index >= 15 is 0 Å². The molecule has 1 aromatic carbocycles. The Morgan fingerprint density at radius 3 is 2.48 bits per heavy atom. The first-order valence-corrected chi connectivity index (χ1v) is 9.68. The van der Waals surface area contributed by atoms with Crippen LogP contribution < -0.4 is 10.2 Å². The summed E-state index contributed by atoms with van der Waals surface area (Å²) < 4.78 is 12.3. The van der Waals surface area contributed by atoms with Gasteiger partial charge < -0.3 is 23.9 Å². The van der Waals surface area contributed by atoms with Gasteiger partial charge in [0.2, 0.25) is 0 Å². The Bertz CT molecular complexity index is 1120. The number of furan rings is 1. The molecule has 8 nitrogen and oxygen atoms in total. The summed E-state index contributed by atoms with van der Waals surface area (Å²) in [4.78, 5) is 26.7. The van der Waals surface area contributed by atoms with Gasteiger partial charge in [0.05, 0.1) is 23.9 Å². The minimum Gasteiger partial charge on any atom is -0.467 e. The second-order valence-electron chi connectivity index (χ2n) is 7.28. The van der Waals surface area contributed by atoms with Crippen LogP contribution in [0.25, 0.3) is 0 Å². The fourth-order valence-corrected chi connectivity index (χ4v) is 3.16. The lowest BCUT2D eigenvalue weighted by Gasteiger charge is -2.13. The van der Waals surface area contributed by atoms with E-state index in [1.54, 1.807) is 41.2 Å². The molecule has 0 aliphatic carbocycles. The van der Waals surface area contributed by atoms with Gasteiger partial charge in [0.15, 0.2) is 6.61 Å². The van der Waals surface area contributed by atoms with E-state index in [0.29, 0.717) is 29.2 Å². The fraction of sp³-hybridized carbons (Fsp3) is 0.261. The molecule has 0 saturated heterocycles. The third-order valence-electron chi connectivity index (χ3n) is 5.05. The number of rotatable bonds is 7. The first-order valence-electron chi connectivity index (χ1n) is 9.68. The number of hydrogen-bond donors (Lipinski definition) is 1. The van der Waals surface area contributed by atoms with Gasteiger partial charge in [-0.2, -0.15) is 5.26 Å². The molecular weight excluding hydrogens is 396 g/mol. The molecule has 0 saturated carbocycles. The van der Waals surface area contributed by atoms with E-state index in [-0.39, 0.29) is 0 Å². The van der Waals surface area contributed by atoms with Crippen molar-refractivity contribution < 1.29 is 18.7 Å². The predicted molar refractivity (Wildman–Crippen MR) is 116 cm³/mol. The van der Waals surface area contributed by atoms with Crippen LogP contribution in [-0.2, 0) is 16.1 Å². The maximum Gasteiger partial charge on any atom is 0.338 e. The maximum absolute atomic E-state index is 12.5. The van der Waals surface area contributed by atoms with Gasteiger partial charge >= 0.3 is 5.97 Å². The van der Waals surface area contributed by atoms with Gasteiger partial charge in [0.25, 0.3) is 5.91 Å². The summed E-state index contributed by atoms with van der Waals surface area (Å²) in [6.45, 7) is 3.57. The number of anilines is 2. The highest BCUT2D eigenvalue weighted by molar-refractivity contribution is 5.96. The number of ether oxygens (including phenoxy) is 1. The fourth-order valence-electron chi connectivity index (χ4n) is 3.16. The summed E-state index contributed by atoms with van der Waals surface area (Å²) in [5, 5.41) is 12.3. The maximum atomic E-state index is 12.5. The molecule has 3 rings (SSSR count). The van der Waals surface area contributed by atoms with E-state index in [0.717, 1.165) is 16.9 Å². The molecule has 0 fully saturated rings. The number of hydrogen-bond acceptors (Lipinski definition) is 6. The van der Waals surface area contributed by atoms with Crippen LogP contribution >= 0.6 is 0 Å². The molecule has 8 heteroatoms. The van der Waals surface area contributed by atoms with Crippen molar-refractivity contribution in [1.29, 1.82) is 5.26 Å². The number of esters is 1. The molecule has 0 atom stereocenters. The average molecular weight is 420 g/mol. The Balaban J connectivity index is 1.70. The van der Waals surface area contributed by atoms with Crippen LogP contribution in [0.2, 0.25) is 0 Å². The number of carbonyl (C=O) groups is 2. The molecular formula is C23H24N4O4. The lowest BCUT2D eigenvalue weighted by atomic mass is 10.2. The highest BCUT2D eigenvalue weighted by Crippen LogP contribution is 2.27. The average Bonchev–Trinajstić information content (AvgIpc) is 3.35. The third kappa shape index (κ3) is 4.78. The molecule has 0 aliphatic rings.